The summed E-state index contributed by atoms with van der Waals surface area (Å²) in [6, 6.07) is 10.1. The SMILES string of the molecule is COC1(C(O)C(C)O)C=CC(c2ccccc2)=CC1. The smallest absolute Gasteiger partial charge is 0.118 e. The number of benzene rings is 1. The van der Waals surface area contributed by atoms with Gasteiger partial charge in [-0.05, 0) is 24.1 Å². The van der Waals surface area contributed by atoms with Crippen LogP contribution < -0.4 is 0 Å². The van der Waals surface area contributed by atoms with Crippen LogP contribution in [0.4, 0.5) is 0 Å². The number of hydrogen-bond donors (Lipinski definition) is 2. The van der Waals surface area contributed by atoms with E-state index in [0.29, 0.717) is 6.42 Å². The van der Waals surface area contributed by atoms with Crippen molar-refractivity contribution in [3.8, 4) is 0 Å². The van der Waals surface area contributed by atoms with Crippen molar-refractivity contribution < 1.29 is 14.9 Å². The molecule has 0 bridgehead atoms. The fraction of sp³-hybridized carbons (Fsp3) is 0.375. The molecule has 0 saturated heterocycles. The van der Waals surface area contributed by atoms with Gasteiger partial charge in [-0.1, -0.05) is 42.5 Å². The van der Waals surface area contributed by atoms with Gasteiger partial charge in [-0.25, -0.2) is 0 Å². The van der Waals surface area contributed by atoms with Gasteiger partial charge >= 0.3 is 0 Å². The molecule has 0 aliphatic heterocycles. The van der Waals surface area contributed by atoms with Gasteiger partial charge in [-0.15, -0.1) is 0 Å². The molecule has 0 saturated carbocycles. The van der Waals surface area contributed by atoms with Gasteiger partial charge in [-0.2, -0.15) is 0 Å². The summed E-state index contributed by atoms with van der Waals surface area (Å²) >= 11 is 0. The molecule has 0 fully saturated rings. The fourth-order valence-corrected chi connectivity index (χ4v) is 2.38. The first-order chi connectivity index (χ1) is 9.09. The molecule has 0 aromatic heterocycles. The van der Waals surface area contributed by atoms with Crippen LogP contribution in [0.15, 0.2) is 48.6 Å². The van der Waals surface area contributed by atoms with Gasteiger partial charge in [0.25, 0.3) is 0 Å². The molecule has 3 unspecified atom stereocenters. The lowest BCUT2D eigenvalue weighted by molar-refractivity contribution is -0.111. The fourth-order valence-electron chi connectivity index (χ4n) is 2.38. The van der Waals surface area contributed by atoms with Crippen LogP contribution in [0.5, 0.6) is 0 Å². The van der Waals surface area contributed by atoms with Gasteiger partial charge < -0.3 is 14.9 Å². The molecule has 3 nitrogen and oxygen atoms in total. The average Bonchev–Trinajstić information content (AvgIpc) is 2.47. The summed E-state index contributed by atoms with van der Waals surface area (Å²) in [6.45, 7) is 1.57. The van der Waals surface area contributed by atoms with Crippen molar-refractivity contribution in [2.75, 3.05) is 7.11 Å². The van der Waals surface area contributed by atoms with Crippen molar-refractivity contribution in [2.24, 2.45) is 0 Å². The van der Waals surface area contributed by atoms with Gasteiger partial charge in [0, 0.05) is 13.5 Å². The standard InChI is InChI=1S/C16H20O3/c1-12(17)15(18)16(19-2)10-8-14(9-11-16)13-6-4-3-5-7-13/h3-10,12,15,17-18H,11H2,1-2H3. The zero-order valence-electron chi connectivity index (χ0n) is 11.3. The number of rotatable bonds is 4. The van der Waals surface area contributed by atoms with Crippen LogP contribution in [-0.4, -0.2) is 35.1 Å². The highest BCUT2D eigenvalue weighted by Crippen LogP contribution is 2.32. The highest BCUT2D eigenvalue weighted by Gasteiger charge is 2.38. The Hall–Kier alpha value is -1.42. The third-order valence-corrected chi connectivity index (χ3v) is 3.63. The highest BCUT2D eigenvalue weighted by molar-refractivity contribution is 5.75. The van der Waals surface area contributed by atoms with Crippen LogP contribution >= 0.6 is 0 Å². The molecule has 0 radical (unpaired) electrons. The molecular formula is C16H20O3. The van der Waals surface area contributed by atoms with Gasteiger partial charge in [-0.3, -0.25) is 0 Å². The molecule has 0 spiro atoms. The predicted molar refractivity (Wildman–Crippen MR) is 75.6 cm³/mol. The minimum atomic E-state index is -0.942. The maximum absolute atomic E-state index is 10.1. The molecule has 1 aliphatic carbocycles. The first kappa shape index (κ1) is 14.0. The quantitative estimate of drug-likeness (QED) is 0.872. The molecule has 0 amide bonds. The molecule has 0 heterocycles. The van der Waals surface area contributed by atoms with E-state index in [0.717, 1.165) is 11.1 Å². The number of aliphatic hydroxyl groups is 2. The van der Waals surface area contributed by atoms with Crippen molar-refractivity contribution in [1.29, 1.82) is 0 Å². The minimum absolute atomic E-state index is 0.538. The Balaban J connectivity index is 2.21. The maximum atomic E-state index is 10.1. The van der Waals surface area contributed by atoms with Crippen LogP contribution in [0.2, 0.25) is 0 Å². The minimum Gasteiger partial charge on any atom is -0.391 e. The van der Waals surface area contributed by atoms with E-state index in [1.54, 1.807) is 14.0 Å². The zero-order valence-corrected chi connectivity index (χ0v) is 11.3. The summed E-state index contributed by atoms with van der Waals surface area (Å²) in [7, 11) is 1.55. The first-order valence-corrected chi connectivity index (χ1v) is 6.45. The summed E-state index contributed by atoms with van der Waals surface area (Å²) < 4.78 is 5.44. The second-order valence-electron chi connectivity index (χ2n) is 4.91. The summed E-state index contributed by atoms with van der Waals surface area (Å²) in [6.07, 6.45) is 4.57. The molecule has 1 aromatic rings. The second-order valence-corrected chi connectivity index (χ2v) is 4.91. The Morgan fingerprint density at radius 3 is 2.37 bits per heavy atom. The Morgan fingerprint density at radius 2 is 1.89 bits per heavy atom. The lowest BCUT2D eigenvalue weighted by atomic mass is 9.83. The largest absolute Gasteiger partial charge is 0.391 e. The van der Waals surface area contributed by atoms with E-state index in [1.165, 1.54) is 0 Å². The number of methoxy groups -OCH3 is 1. The van der Waals surface area contributed by atoms with Gasteiger partial charge in [0.05, 0.1) is 6.10 Å². The molecule has 1 aromatic carbocycles. The molecule has 3 atom stereocenters. The van der Waals surface area contributed by atoms with Crippen LogP contribution in [0.25, 0.3) is 5.57 Å². The molecule has 2 rings (SSSR count). The van der Waals surface area contributed by atoms with E-state index in [9.17, 15) is 10.2 Å². The molecule has 19 heavy (non-hydrogen) atoms. The Bertz CT molecular complexity index is 476. The summed E-state index contributed by atoms with van der Waals surface area (Å²) in [5.74, 6) is 0. The monoisotopic (exact) mass is 260 g/mol. The van der Waals surface area contributed by atoms with E-state index in [-0.39, 0.29) is 0 Å². The molecule has 3 heteroatoms. The van der Waals surface area contributed by atoms with Crippen LogP contribution in [0.3, 0.4) is 0 Å². The zero-order chi connectivity index (χ0) is 13.9. The van der Waals surface area contributed by atoms with Crippen LogP contribution in [-0.2, 0) is 4.74 Å². The average molecular weight is 260 g/mol. The summed E-state index contributed by atoms with van der Waals surface area (Å²) in [5.41, 5.74) is 1.40. The first-order valence-electron chi connectivity index (χ1n) is 6.45. The van der Waals surface area contributed by atoms with Crippen molar-refractivity contribution in [3.63, 3.8) is 0 Å². The van der Waals surface area contributed by atoms with Gasteiger partial charge in [0.2, 0.25) is 0 Å². The number of allylic oxidation sites excluding steroid dienone is 2. The summed E-state index contributed by atoms with van der Waals surface area (Å²) in [4.78, 5) is 0. The highest BCUT2D eigenvalue weighted by atomic mass is 16.5. The predicted octanol–water partition coefficient (Wildman–Crippen LogP) is 2.16. The maximum Gasteiger partial charge on any atom is 0.118 e. The normalized spacial score (nSPS) is 25.8. The molecule has 102 valence electrons. The van der Waals surface area contributed by atoms with E-state index in [1.807, 2.05) is 48.6 Å². The number of aliphatic hydroxyl groups excluding tert-OH is 2. The Morgan fingerprint density at radius 1 is 1.21 bits per heavy atom. The molecule has 2 N–H and O–H groups in total. The van der Waals surface area contributed by atoms with Crippen molar-refractivity contribution in [2.45, 2.75) is 31.2 Å². The summed E-state index contributed by atoms with van der Waals surface area (Å²) in [5, 5.41) is 19.7. The van der Waals surface area contributed by atoms with Crippen molar-refractivity contribution in [3.05, 3.63) is 54.1 Å². The number of ether oxygens (including phenoxy) is 1. The van der Waals surface area contributed by atoms with Gasteiger partial charge in [0.15, 0.2) is 0 Å². The van der Waals surface area contributed by atoms with E-state index in [2.05, 4.69) is 0 Å². The van der Waals surface area contributed by atoms with E-state index >= 15 is 0 Å². The third kappa shape index (κ3) is 2.78. The second kappa shape index (κ2) is 5.70. The van der Waals surface area contributed by atoms with Crippen molar-refractivity contribution >= 4 is 5.57 Å². The van der Waals surface area contributed by atoms with Gasteiger partial charge in [0.1, 0.15) is 11.7 Å². The van der Waals surface area contributed by atoms with Crippen LogP contribution in [0.1, 0.15) is 18.9 Å². The topological polar surface area (TPSA) is 49.7 Å². The molecular weight excluding hydrogens is 240 g/mol. The van der Waals surface area contributed by atoms with E-state index < -0.39 is 17.8 Å². The van der Waals surface area contributed by atoms with E-state index in [4.69, 9.17) is 4.74 Å². The third-order valence-electron chi connectivity index (χ3n) is 3.63. The van der Waals surface area contributed by atoms with Crippen LogP contribution in [0, 0.1) is 0 Å². The number of hydrogen-bond acceptors (Lipinski definition) is 3. The molecule has 1 aliphatic rings. The van der Waals surface area contributed by atoms with Crippen molar-refractivity contribution in [1.82, 2.24) is 0 Å². The Labute approximate surface area is 113 Å². The Kier molecular flexibility index (Phi) is 4.20. The lowest BCUT2D eigenvalue weighted by Gasteiger charge is -2.36. The lowest BCUT2D eigenvalue weighted by Crippen LogP contribution is -2.48.